The summed E-state index contributed by atoms with van der Waals surface area (Å²) in [7, 11) is 0. The number of amides is 2. The first-order valence-electron chi connectivity index (χ1n) is 4.79. The van der Waals surface area contributed by atoms with Gasteiger partial charge in [0.05, 0.1) is 6.54 Å². The van der Waals surface area contributed by atoms with Crippen molar-refractivity contribution >= 4 is 11.8 Å². The molecule has 2 amide bonds. The predicted molar refractivity (Wildman–Crippen MR) is 49.4 cm³/mol. The van der Waals surface area contributed by atoms with Gasteiger partial charge in [0.1, 0.15) is 6.04 Å². The van der Waals surface area contributed by atoms with Crippen molar-refractivity contribution in [1.29, 1.82) is 0 Å². The van der Waals surface area contributed by atoms with E-state index < -0.39 is 31.0 Å². The van der Waals surface area contributed by atoms with Gasteiger partial charge in [-0.25, -0.2) is 8.78 Å². The first kappa shape index (κ1) is 11.9. The zero-order chi connectivity index (χ0) is 11.6. The first-order chi connectivity index (χ1) is 6.91. The largest absolute Gasteiger partial charge is 0.345 e. The van der Waals surface area contributed by atoms with Gasteiger partial charge in [-0.3, -0.25) is 9.59 Å². The average molecular weight is 220 g/mol. The van der Waals surface area contributed by atoms with Crippen LogP contribution in [-0.2, 0) is 9.59 Å². The van der Waals surface area contributed by atoms with E-state index in [1.807, 2.05) is 0 Å². The van der Waals surface area contributed by atoms with E-state index in [4.69, 9.17) is 0 Å². The Labute approximate surface area is 86.6 Å². The number of hydrogen-bond donors (Lipinski definition) is 1. The Bertz CT molecular complexity index is 271. The smallest absolute Gasteiger partial charge is 0.255 e. The Morgan fingerprint density at radius 3 is 2.60 bits per heavy atom. The van der Waals surface area contributed by atoms with Crippen molar-refractivity contribution < 1.29 is 18.4 Å². The summed E-state index contributed by atoms with van der Waals surface area (Å²) in [4.78, 5) is 23.9. The maximum atomic E-state index is 12.2. The molecule has 0 bridgehead atoms. The van der Waals surface area contributed by atoms with Crippen molar-refractivity contribution in [3.8, 4) is 0 Å². The molecule has 0 aliphatic carbocycles. The lowest BCUT2D eigenvalue weighted by Gasteiger charge is -2.27. The number of rotatable bonds is 2. The molecule has 0 radical (unpaired) electrons. The number of nitrogens with one attached hydrogen (secondary N) is 1. The van der Waals surface area contributed by atoms with Crippen LogP contribution >= 0.6 is 0 Å². The topological polar surface area (TPSA) is 49.4 Å². The van der Waals surface area contributed by atoms with Crippen LogP contribution in [0.1, 0.15) is 20.3 Å². The minimum Gasteiger partial charge on any atom is -0.345 e. The van der Waals surface area contributed by atoms with E-state index in [0.29, 0.717) is 0 Å². The van der Waals surface area contributed by atoms with E-state index in [1.54, 1.807) is 6.92 Å². The normalized spacial score (nSPS) is 27.9. The third kappa shape index (κ3) is 2.87. The van der Waals surface area contributed by atoms with Gasteiger partial charge in [0.15, 0.2) is 0 Å². The van der Waals surface area contributed by atoms with Crippen LogP contribution in [0.5, 0.6) is 0 Å². The maximum Gasteiger partial charge on any atom is 0.255 e. The SMILES string of the molecule is CC1NC(=O)CC(C)N(CC(F)F)C1=O. The van der Waals surface area contributed by atoms with Crippen molar-refractivity contribution in [2.45, 2.75) is 38.8 Å². The fraction of sp³-hybridized carbons (Fsp3) is 0.778. The first-order valence-corrected chi connectivity index (χ1v) is 4.79. The highest BCUT2D eigenvalue weighted by Gasteiger charge is 2.32. The second kappa shape index (κ2) is 4.55. The van der Waals surface area contributed by atoms with Crippen LogP contribution in [0.15, 0.2) is 0 Å². The van der Waals surface area contributed by atoms with Gasteiger partial charge in [-0.15, -0.1) is 0 Å². The summed E-state index contributed by atoms with van der Waals surface area (Å²) in [5.74, 6) is -0.728. The number of carbonyl (C=O) groups is 2. The third-order valence-corrected chi connectivity index (χ3v) is 2.38. The average Bonchev–Trinajstić information content (AvgIpc) is 2.18. The molecule has 6 heteroatoms. The van der Waals surface area contributed by atoms with E-state index in [1.165, 1.54) is 6.92 Å². The van der Waals surface area contributed by atoms with Crippen molar-refractivity contribution in [2.24, 2.45) is 0 Å². The molecule has 1 N–H and O–H groups in total. The fourth-order valence-corrected chi connectivity index (χ4v) is 1.63. The quantitative estimate of drug-likeness (QED) is 0.731. The third-order valence-electron chi connectivity index (χ3n) is 2.38. The highest BCUT2D eigenvalue weighted by atomic mass is 19.3. The molecule has 0 aromatic rings. The van der Waals surface area contributed by atoms with Crippen LogP contribution in [0.4, 0.5) is 8.78 Å². The van der Waals surface area contributed by atoms with Gasteiger partial charge in [-0.1, -0.05) is 0 Å². The molecular weight excluding hydrogens is 206 g/mol. The molecule has 0 saturated carbocycles. The van der Waals surface area contributed by atoms with Gasteiger partial charge in [0, 0.05) is 12.5 Å². The van der Waals surface area contributed by atoms with Crippen molar-refractivity contribution in [2.75, 3.05) is 6.54 Å². The lowest BCUT2D eigenvalue weighted by molar-refractivity contribution is -0.136. The number of hydrogen-bond acceptors (Lipinski definition) is 2. The molecule has 1 rings (SSSR count). The fourth-order valence-electron chi connectivity index (χ4n) is 1.63. The van der Waals surface area contributed by atoms with E-state index in [0.717, 1.165) is 4.90 Å². The van der Waals surface area contributed by atoms with Gasteiger partial charge in [-0.2, -0.15) is 0 Å². The Kier molecular flexibility index (Phi) is 3.60. The van der Waals surface area contributed by atoms with Crippen LogP contribution in [-0.4, -0.2) is 41.8 Å². The molecule has 86 valence electrons. The lowest BCUT2D eigenvalue weighted by atomic mass is 10.2. The van der Waals surface area contributed by atoms with Crippen molar-refractivity contribution in [3.05, 3.63) is 0 Å². The van der Waals surface area contributed by atoms with Crippen LogP contribution in [0.2, 0.25) is 0 Å². The van der Waals surface area contributed by atoms with Gasteiger partial charge < -0.3 is 10.2 Å². The molecule has 0 aromatic carbocycles. The predicted octanol–water partition coefficient (Wildman–Crippen LogP) is 0.377. The Hall–Kier alpha value is -1.20. The van der Waals surface area contributed by atoms with Gasteiger partial charge in [-0.05, 0) is 13.8 Å². The summed E-state index contributed by atoms with van der Waals surface area (Å²) in [6, 6.07) is -1.20. The molecule has 0 aromatic heterocycles. The summed E-state index contributed by atoms with van der Waals surface area (Å²) < 4.78 is 24.4. The number of halogens is 2. The summed E-state index contributed by atoms with van der Waals surface area (Å²) in [5.41, 5.74) is 0. The van der Waals surface area contributed by atoms with Crippen LogP contribution in [0.3, 0.4) is 0 Å². The van der Waals surface area contributed by atoms with Crippen LogP contribution in [0.25, 0.3) is 0 Å². The van der Waals surface area contributed by atoms with Crippen LogP contribution in [0, 0.1) is 0 Å². The number of nitrogens with zero attached hydrogens (tertiary/aromatic N) is 1. The zero-order valence-electron chi connectivity index (χ0n) is 8.67. The molecule has 0 spiro atoms. The van der Waals surface area contributed by atoms with E-state index in [2.05, 4.69) is 5.32 Å². The molecule has 2 atom stereocenters. The summed E-state index contributed by atoms with van der Waals surface area (Å²) in [5, 5.41) is 2.45. The zero-order valence-corrected chi connectivity index (χ0v) is 8.67. The summed E-state index contributed by atoms with van der Waals surface area (Å²) in [6.45, 7) is 2.48. The second-order valence-electron chi connectivity index (χ2n) is 3.72. The number of alkyl halides is 2. The Balaban J connectivity index is 2.81. The van der Waals surface area contributed by atoms with Gasteiger partial charge in [0.2, 0.25) is 11.8 Å². The lowest BCUT2D eigenvalue weighted by Crippen LogP contribution is -2.46. The van der Waals surface area contributed by atoms with E-state index >= 15 is 0 Å². The highest BCUT2D eigenvalue weighted by Crippen LogP contribution is 2.13. The molecule has 1 heterocycles. The monoisotopic (exact) mass is 220 g/mol. The Morgan fingerprint density at radius 2 is 2.07 bits per heavy atom. The molecular formula is C9H14F2N2O2. The molecule has 2 unspecified atom stereocenters. The minimum atomic E-state index is -2.57. The maximum absolute atomic E-state index is 12.2. The Morgan fingerprint density at radius 1 is 1.47 bits per heavy atom. The second-order valence-corrected chi connectivity index (χ2v) is 3.72. The summed E-state index contributed by atoms with van der Waals surface area (Å²) >= 11 is 0. The molecule has 15 heavy (non-hydrogen) atoms. The number of carbonyl (C=O) groups excluding carboxylic acids is 2. The molecule has 1 saturated heterocycles. The van der Waals surface area contributed by atoms with E-state index in [9.17, 15) is 18.4 Å². The minimum absolute atomic E-state index is 0.0722. The van der Waals surface area contributed by atoms with Crippen LogP contribution < -0.4 is 5.32 Å². The van der Waals surface area contributed by atoms with Crippen molar-refractivity contribution in [1.82, 2.24) is 10.2 Å². The molecule has 1 fully saturated rings. The molecule has 4 nitrogen and oxygen atoms in total. The highest BCUT2D eigenvalue weighted by molar-refractivity contribution is 5.90. The van der Waals surface area contributed by atoms with Gasteiger partial charge in [0.25, 0.3) is 6.43 Å². The standard InChI is InChI=1S/C9H14F2N2O2/c1-5-3-8(14)12-6(2)9(15)13(5)4-7(10)11/h5-7H,3-4H2,1-2H3,(H,12,14). The molecule has 1 aliphatic rings. The molecule has 1 aliphatic heterocycles. The summed E-state index contributed by atoms with van der Waals surface area (Å²) in [6.07, 6.45) is -2.50. The van der Waals surface area contributed by atoms with Gasteiger partial charge >= 0.3 is 0 Å². The van der Waals surface area contributed by atoms with Crippen molar-refractivity contribution in [3.63, 3.8) is 0 Å². The van der Waals surface area contributed by atoms with E-state index in [-0.39, 0.29) is 12.3 Å².